The van der Waals surface area contributed by atoms with Crippen molar-refractivity contribution < 1.29 is 4.42 Å². The van der Waals surface area contributed by atoms with E-state index in [2.05, 4.69) is 217 Å². The van der Waals surface area contributed by atoms with Crippen molar-refractivity contribution in [3.63, 3.8) is 0 Å². The summed E-state index contributed by atoms with van der Waals surface area (Å²) in [5, 5.41) is 2.30. The van der Waals surface area contributed by atoms with Gasteiger partial charge in [-0.2, -0.15) is 0 Å². The average Bonchev–Trinajstić information content (AvgIpc) is 3.92. The molecule has 266 valence electrons. The average molecular weight is 726 g/mol. The van der Waals surface area contributed by atoms with Crippen molar-refractivity contribution in [2.75, 3.05) is 4.90 Å². The Morgan fingerprint density at radius 2 is 0.877 bits per heavy atom. The Balaban J connectivity index is 1.16. The fourth-order valence-electron chi connectivity index (χ4n) is 9.99. The van der Waals surface area contributed by atoms with Crippen molar-refractivity contribution in [2.24, 2.45) is 0 Å². The van der Waals surface area contributed by atoms with E-state index in [1.54, 1.807) is 0 Å². The van der Waals surface area contributed by atoms with Gasteiger partial charge in [-0.15, -0.1) is 0 Å². The number of fused-ring (bicyclic) bond motifs is 14. The second-order valence-electron chi connectivity index (χ2n) is 15.1. The minimum Gasteiger partial charge on any atom is -0.455 e. The zero-order valence-corrected chi connectivity index (χ0v) is 31.1. The quantitative estimate of drug-likeness (QED) is 0.176. The van der Waals surface area contributed by atoms with Crippen LogP contribution in [0.3, 0.4) is 0 Å². The molecule has 1 heterocycles. The molecule has 2 heteroatoms. The van der Waals surface area contributed by atoms with Gasteiger partial charge in [-0.05, 0) is 80.4 Å². The van der Waals surface area contributed by atoms with Crippen LogP contribution in [0.2, 0.25) is 0 Å². The topological polar surface area (TPSA) is 16.4 Å². The largest absolute Gasteiger partial charge is 0.455 e. The summed E-state index contributed by atoms with van der Waals surface area (Å²) in [6, 6.07) is 77.3. The molecule has 2 nitrogen and oxygen atoms in total. The Kier molecular flexibility index (Phi) is 6.88. The molecule has 10 aromatic rings. The van der Waals surface area contributed by atoms with Gasteiger partial charge in [0.05, 0.1) is 16.8 Å². The van der Waals surface area contributed by atoms with Crippen molar-refractivity contribution in [2.45, 2.75) is 5.41 Å². The predicted octanol–water partition coefficient (Wildman–Crippen LogP) is 14.7. The molecule has 0 bridgehead atoms. The molecule has 0 radical (unpaired) electrons. The molecular weight excluding hydrogens is 691 g/mol. The number of furan rings is 1. The standard InChI is InChI=1S/C55H35NO/c1-3-16-36(17-4-1)37-30-32-39(33-31-37)56(49-27-13-9-20-40(49)38-18-5-2-6-19-38)50-28-15-26-47-52(50)43-22-7-11-24-45(43)55(47)46-25-12-8-23-44(46)53-48(55)35-34-42-41-21-10-14-29-51(41)57-54(42)53/h1-35H. The molecule has 57 heavy (non-hydrogen) atoms. The van der Waals surface area contributed by atoms with Gasteiger partial charge >= 0.3 is 0 Å². The summed E-state index contributed by atoms with van der Waals surface area (Å²) < 4.78 is 6.80. The van der Waals surface area contributed by atoms with Gasteiger partial charge in [-0.3, -0.25) is 0 Å². The van der Waals surface area contributed by atoms with E-state index in [0.29, 0.717) is 0 Å². The van der Waals surface area contributed by atoms with Crippen LogP contribution < -0.4 is 4.90 Å². The van der Waals surface area contributed by atoms with Gasteiger partial charge in [0.1, 0.15) is 11.2 Å². The smallest absolute Gasteiger partial charge is 0.143 e. The first kappa shape index (κ1) is 31.9. The van der Waals surface area contributed by atoms with Crippen molar-refractivity contribution in [1.29, 1.82) is 0 Å². The molecule has 0 saturated carbocycles. The summed E-state index contributed by atoms with van der Waals surface area (Å²) in [4.78, 5) is 2.48. The van der Waals surface area contributed by atoms with E-state index in [4.69, 9.17) is 4.42 Å². The summed E-state index contributed by atoms with van der Waals surface area (Å²) in [5.74, 6) is 0. The molecular formula is C55H35NO. The van der Waals surface area contributed by atoms with Crippen LogP contribution in [0.15, 0.2) is 217 Å². The van der Waals surface area contributed by atoms with Crippen LogP contribution in [0.4, 0.5) is 17.1 Å². The highest BCUT2D eigenvalue weighted by Crippen LogP contribution is 2.66. The van der Waals surface area contributed by atoms with E-state index in [-0.39, 0.29) is 0 Å². The molecule has 0 saturated heterocycles. The van der Waals surface area contributed by atoms with E-state index in [1.165, 1.54) is 66.8 Å². The Morgan fingerprint density at radius 1 is 0.333 bits per heavy atom. The predicted molar refractivity (Wildman–Crippen MR) is 236 cm³/mol. The van der Waals surface area contributed by atoms with Crippen LogP contribution in [0, 0.1) is 0 Å². The highest BCUT2D eigenvalue weighted by molar-refractivity contribution is 6.13. The van der Waals surface area contributed by atoms with Crippen LogP contribution in [0.1, 0.15) is 22.3 Å². The van der Waals surface area contributed by atoms with Crippen LogP contribution >= 0.6 is 0 Å². The number of benzene rings is 9. The van der Waals surface area contributed by atoms with Gasteiger partial charge in [-0.1, -0.05) is 182 Å². The lowest BCUT2D eigenvalue weighted by atomic mass is 9.70. The van der Waals surface area contributed by atoms with E-state index in [0.717, 1.165) is 39.0 Å². The SMILES string of the molecule is c1ccc(-c2ccc(N(c3ccccc3-c3ccccc3)c3cccc4c3-c3ccccc3C43c4ccccc4-c4c3ccc3c4oc4ccccc43)cc2)cc1. The van der Waals surface area contributed by atoms with Crippen LogP contribution in [0.5, 0.6) is 0 Å². The monoisotopic (exact) mass is 725 g/mol. The third-order valence-corrected chi connectivity index (χ3v) is 12.3. The Hall–Kier alpha value is -7.42. The summed E-state index contributed by atoms with van der Waals surface area (Å²) >= 11 is 0. The fourth-order valence-corrected chi connectivity index (χ4v) is 9.99. The summed E-state index contributed by atoms with van der Waals surface area (Å²) in [5.41, 5.74) is 19.5. The number of para-hydroxylation sites is 2. The second-order valence-corrected chi connectivity index (χ2v) is 15.1. The van der Waals surface area contributed by atoms with Crippen molar-refractivity contribution in [3.05, 3.63) is 235 Å². The summed E-state index contributed by atoms with van der Waals surface area (Å²) in [7, 11) is 0. The van der Waals surface area contributed by atoms with E-state index < -0.39 is 5.41 Å². The van der Waals surface area contributed by atoms with Gasteiger partial charge in [0.25, 0.3) is 0 Å². The highest BCUT2D eigenvalue weighted by atomic mass is 16.3. The molecule has 1 unspecified atom stereocenters. The maximum atomic E-state index is 6.80. The van der Waals surface area contributed by atoms with E-state index in [9.17, 15) is 0 Å². The zero-order chi connectivity index (χ0) is 37.5. The van der Waals surface area contributed by atoms with Gasteiger partial charge in [0.2, 0.25) is 0 Å². The van der Waals surface area contributed by atoms with Crippen LogP contribution in [-0.4, -0.2) is 0 Å². The second kappa shape index (κ2) is 12.3. The maximum absolute atomic E-state index is 6.80. The third-order valence-electron chi connectivity index (χ3n) is 12.3. The van der Waals surface area contributed by atoms with E-state index >= 15 is 0 Å². The van der Waals surface area contributed by atoms with Crippen molar-refractivity contribution >= 4 is 39.0 Å². The Morgan fingerprint density at radius 3 is 1.63 bits per heavy atom. The first-order chi connectivity index (χ1) is 28.3. The van der Waals surface area contributed by atoms with E-state index in [1.807, 2.05) is 0 Å². The first-order valence-corrected chi connectivity index (χ1v) is 19.7. The number of hydrogen-bond acceptors (Lipinski definition) is 2. The van der Waals surface area contributed by atoms with Gasteiger partial charge < -0.3 is 9.32 Å². The third kappa shape index (κ3) is 4.47. The zero-order valence-electron chi connectivity index (χ0n) is 31.1. The summed E-state index contributed by atoms with van der Waals surface area (Å²) in [6.07, 6.45) is 0. The highest BCUT2D eigenvalue weighted by Gasteiger charge is 2.53. The molecule has 0 fully saturated rings. The first-order valence-electron chi connectivity index (χ1n) is 19.7. The minimum absolute atomic E-state index is 0.539. The molecule has 2 aliphatic carbocycles. The molecule has 2 aliphatic rings. The molecule has 1 spiro atoms. The van der Waals surface area contributed by atoms with Crippen LogP contribution in [-0.2, 0) is 5.41 Å². The number of anilines is 3. The van der Waals surface area contributed by atoms with Gasteiger partial charge in [0, 0.05) is 33.2 Å². The Bertz CT molecular complexity index is 3180. The lowest BCUT2D eigenvalue weighted by molar-refractivity contribution is 0.669. The van der Waals surface area contributed by atoms with Crippen molar-refractivity contribution in [3.8, 4) is 44.5 Å². The molecule has 1 aromatic heterocycles. The molecule has 12 rings (SSSR count). The van der Waals surface area contributed by atoms with Crippen molar-refractivity contribution in [1.82, 2.24) is 0 Å². The molecule has 1 atom stereocenters. The molecule has 0 amide bonds. The lowest BCUT2D eigenvalue weighted by Gasteiger charge is -2.32. The number of hydrogen-bond donors (Lipinski definition) is 0. The normalized spacial score (nSPS) is 14.7. The summed E-state index contributed by atoms with van der Waals surface area (Å²) in [6.45, 7) is 0. The maximum Gasteiger partial charge on any atom is 0.143 e. The Labute approximate surface area is 331 Å². The molecule has 0 N–H and O–H groups in total. The van der Waals surface area contributed by atoms with Crippen LogP contribution in [0.25, 0.3) is 66.4 Å². The molecule has 0 aliphatic heterocycles. The lowest BCUT2D eigenvalue weighted by Crippen LogP contribution is -2.26. The number of rotatable bonds is 5. The number of nitrogens with zero attached hydrogens (tertiary/aromatic N) is 1. The van der Waals surface area contributed by atoms with Gasteiger partial charge in [-0.25, -0.2) is 0 Å². The van der Waals surface area contributed by atoms with Gasteiger partial charge in [0.15, 0.2) is 0 Å². The minimum atomic E-state index is -0.539. The molecule has 9 aromatic carbocycles. The fraction of sp³-hybridized carbons (Fsp3) is 0.0182.